The van der Waals surface area contributed by atoms with Gasteiger partial charge in [-0.3, -0.25) is 14.6 Å². The van der Waals surface area contributed by atoms with E-state index in [1.807, 2.05) is 0 Å². The van der Waals surface area contributed by atoms with Crippen molar-refractivity contribution in [2.45, 2.75) is 25.4 Å². The highest BCUT2D eigenvalue weighted by Crippen LogP contribution is 2.15. The second kappa shape index (κ2) is 6.62. The van der Waals surface area contributed by atoms with Crippen molar-refractivity contribution in [3.63, 3.8) is 0 Å². The van der Waals surface area contributed by atoms with E-state index in [4.69, 9.17) is 0 Å². The first kappa shape index (κ1) is 17.7. The lowest BCUT2D eigenvalue weighted by Crippen LogP contribution is -2.37. The van der Waals surface area contributed by atoms with Crippen molar-refractivity contribution in [1.29, 1.82) is 0 Å². The maximum atomic E-state index is 12.0. The fraction of sp³-hybridized carbons (Fsp3) is 0.364. The van der Waals surface area contributed by atoms with Crippen LogP contribution in [0.3, 0.4) is 0 Å². The van der Waals surface area contributed by atoms with Crippen LogP contribution in [-0.2, 0) is 22.7 Å². The number of aromatic nitrogens is 1. The first-order valence-corrected chi connectivity index (χ1v) is 5.64. The van der Waals surface area contributed by atoms with Gasteiger partial charge in [-0.15, -0.1) is 0 Å². The summed E-state index contributed by atoms with van der Waals surface area (Å²) in [5, 5.41) is 3.16. The highest BCUT2D eigenvalue weighted by Gasteiger charge is 2.39. The van der Waals surface area contributed by atoms with Gasteiger partial charge in [-0.2, -0.15) is 26.3 Å². The Morgan fingerprint density at radius 3 is 1.95 bits per heavy atom. The summed E-state index contributed by atoms with van der Waals surface area (Å²) in [6.07, 6.45) is -8.95. The molecule has 2 amide bonds. The first-order valence-electron chi connectivity index (χ1n) is 5.64. The van der Waals surface area contributed by atoms with E-state index < -0.39 is 37.3 Å². The Kier molecular flexibility index (Phi) is 5.33. The molecule has 0 aliphatic carbocycles. The van der Waals surface area contributed by atoms with Crippen LogP contribution in [0, 0.1) is 0 Å². The molecule has 22 heavy (non-hydrogen) atoms. The fourth-order valence-electron chi connectivity index (χ4n) is 1.29. The topological polar surface area (TPSA) is 71.1 Å². The summed E-state index contributed by atoms with van der Waals surface area (Å²) in [6, 6.07) is 2.43. The van der Waals surface area contributed by atoms with Gasteiger partial charge in [-0.05, 0) is 17.7 Å². The highest BCUT2D eigenvalue weighted by molar-refractivity contribution is 5.82. The van der Waals surface area contributed by atoms with Gasteiger partial charge in [0.25, 0.3) is 0 Å². The van der Waals surface area contributed by atoms with E-state index in [1.54, 1.807) is 10.6 Å². The lowest BCUT2D eigenvalue weighted by atomic mass is 10.2. The van der Waals surface area contributed by atoms with E-state index in [2.05, 4.69) is 4.98 Å². The Morgan fingerprint density at radius 1 is 0.955 bits per heavy atom. The summed E-state index contributed by atoms with van der Waals surface area (Å²) in [5.74, 6) is -4.30. The average Bonchev–Trinajstić information content (AvgIpc) is 2.40. The number of nitrogens with one attached hydrogen (secondary N) is 2. The lowest BCUT2D eigenvalue weighted by Gasteiger charge is -2.10. The van der Waals surface area contributed by atoms with Crippen LogP contribution >= 0.6 is 0 Å². The Morgan fingerprint density at radius 2 is 1.45 bits per heavy atom. The number of halogens is 6. The number of carbonyl (C=O) groups excluding carboxylic acids is 2. The van der Waals surface area contributed by atoms with Crippen molar-refractivity contribution in [1.82, 2.24) is 15.6 Å². The number of rotatable bonds is 4. The molecule has 0 spiro atoms. The summed E-state index contributed by atoms with van der Waals surface area (Å²) in [7, 11) is 0. The second-order valence-corrected chi connectivity index (χ2v) is 4.02. The van der Waals surface area contributed by atoms with Crippen LogP contribution in [0.4, 0.5) is 26.3 Å². The molecular weight excluding hydrogens is 320 g/mol. The highest BCUT2D eigenvalue weighted by atomic mass is 19.4. The molecule has 0 aliphatic heterocycles. The van der Waals surface area contributed by atoms with Crippen LogP contribution in [0.5, 0.6) is 0 Å². The molecule has 0 unspecified atom stereocenters. The number of carbonyl (C=O) groups is 2. The molecule has 0 atom stereocenters. The molecule has 11 heteroatoms. The predicted molar refractivity (Wildman–Crippen MR) is 60.0 cm³/mol. The standard InChI is InChI=1S/C11H9F6N3O2/c12-10(13,14)8(21)19-4-6-1-2-18-7(3-6)5-20-9(22)11(15,16)17/h1-3H,4-5H2,(H,19,21)(H,20,22). The van der Waals surface area contributed by atoms with Gasteiger partial charge in [0.1, 0.15) is 0 Å². The smallest absolute Gasteiger partial charge is 0.344 e. The molecule has 122 valence electrons. The quantitative estimate of drug-likeness (QED) is 0.821. The van der Waals surface area contributed by atoms with Crippen LogP contribution in [0.15, 0.2) is 18.3 Å². The maximum absolute atomic E-state index is 12.0. The summed E-state index contributed by atoms with van der Waals surface area (Å²) >= 11 is 0. The fourth-order valence-corrected chi connectivity index (χ4v) is 1.29. The lowest BCUT2D eigenvalue weighted by molar-refractivity contribution is -0.173. The molecule has 1 aromatic rings. The van der Waals surface area contributed by atoms with Crippen LogP contribution < -0.4 is 10.6 Å². The zero-order valence-corrected chi connectivity index (χ0v) is 10.7. The van der Waals surface area contributed by atoms with Gasteiger partial charge in [0, 0.05) is 12.7 Å². The molecule has 0 aliphatic rings. The van der Waals surface area contributed by atoms with Gasteiger partial charge in [-0.25, -0.2) is 0 Å². The molecule has 1 aromatic heterocycles. The number of hydrogen-bond donors (Lipinski definition) is 2. The number of alkyl halides is 6. The number of pyridine rings is 1. The molecule has 0 radical (unpaired) electrons. The van der Waals surface area contributed by atoms with Crippen molar-refractivity contribution in [3.8, 4) is 0 Å². The largest absolute Gasteiger partial charge is 0.471 e. The molecule has 0 saturated heterocycles. The number of nitrogens with zero attached hydrogens (tertiary/aromatic N) is 1. The van der Waals surface area contributed by atoms with E-state index in [0.717, 1.165) is 12.3 Å². The van der Waals surface area contributed by atoms with Gasteiger partial charge in [0.2, 0.25) is 0 Å². The number of hydrogen-bond acceptors (Lipinski definition) is 3. The first-order chi connectivity index (χ1) is 10.00. The van der Waals surface area contributed by atoms with E-state index in [-0.39, 0.29) is 11.3 Å². The van der Waals surface area contributed by atoms with E-state index in [0.29, 0.717) is 0 Å². The van der Waals surface area contributed by atoms with Crippen molar-refractivity contribution in [2.75, 3.05) is 0 Å². The van der Waals surface area contributed by atoms with Gasteiger partial charge < -0.3 is 10.6 Å². The molecule has 0 aromatic carbocycles. The van der Waals surface area contributed by atoms with Crippen molar-refractivity contribution < 1.29 is 35.9 Å². The minimum Gasteiger partial charge on any atom is -0.344 e. The normalized spacial score (nSPS) is 11.9. The van der Waals surface area contributed by atoms with Crippen molar-refractivity contribution in [3.05, 3.63) is 29.6 Å². The Bertz CT molecular complexity index is 510. The van der Waals surface area contributed by atoms with Gasteiger partial charge >= 0.3 is 24.2 Å². The molecule has 1 rings (SSSR count). The molecule has 0 bridgehead atoms. The third kappa shape index (κ3) is 5.58. The third-order valence-corrected chi connectivity index (χ3v) is 2.28. The zero-order valence-electron chi connectivity index (χ0n) is 10.7. The zero-order chi connectivity index (χ0) is 17.0. The van der Waals surface area contributed by atoms with E-state index >= 15 is 0 Å². The summed E-state index contributed by atoms with van der Waals surface area (Å²) in [5.41, 5.74) is 0.181. The molecule has 0 fully saturated rings. The maximum Gasteiger partial charge on any atom is 0.471 e. The summed E-state index contributed by atoms with van der Waals surface area (Å²) < 4.78 is 71.8. The monoisotopic (exact) mass is 329 g/mol. The Hall–Kier alpha value is -2.33. The molecule has 1 heterocycles. The molecule has 5 nitrogen and oxygen atoms in total. The molecular formula is C11H9F6N3O2. The third-order valence-electron chi connectivity index (χ3n) is 2.28. The van der Waals surface area contributed by atoms with E-state index in [1.165, 1.54) is 6.07 Å². The van der Waals surface area contributed by atoms with E-state index in [9.17, 15) is 35.9 Å². The van der Waals surface area contributed by atoms with Gasteiger partial charge in [0.05, 0.1) is 12.2 Å². The Labute approximate surface area is 119 Å². The summed E-state index contributed by atoms with van der Waals surface area (Å²) in [6.45, 7) is -1.04. The SMILES string of the molecule is O=C(NCc1ccnc(CNC(=O)C(F)(F)F)c1)C(F)(F)F. The van der Waals surface area contributed by atoms with Crippen molar-refractivity contribution in [2.24, 2.45) is 0 Å². The van der Waals surface area contributed by atoms with Crippen LogP contribution in [0.25, 0.3) is 0 Å². The number of amides is 2. The molecule has 0 saturated carbocycles. The minimum atomic E-state index is -5.04. The van der Waals surface area contributed by atoms with Crippen LogP contribution in [0.1, 0.15) is 11.3 Å². The average molecular weight is 329 g/mol. The Balaban J connectivity index is 2.60. The van der Waals surface area contributed by atoms with Gasteiger partial charge in [0.15, 0.2) is 0 Å². The molecule has 2 N–H and O–H groups in total. The van der Waals surface area contributed by atoms with Crippen LogP contribution in [-0.4, -0.2) is 29.2 Å². The minimum absolute atomic E-state index is 0.00337. The second-order valence-electron chi connectivity index (χ2n) is 4.02. The predicted octanol–water partition coefficient (Wildman–Crippen LogP) is 1.44. The van der Waals surface area contributed by atoms with Crippen LogP contribution in [0.2, 0.25) is 0 Å². The van der Waals surface area contributed by atoms with Gasteiger partial charge in [-0.1, -0.05) is 0 Å². The summed E-state index contributed by atoms with van der Waals surface area (Å²) in [4.78, 5) is 24.9. The van der Waals surface area contributed by atoms with Crippen molar-refractivity contribution >= 4 is 11.8 Å².